The lowest BCUT2D eigenvalue weighted by Gasteiger charge is -1.70. The third-order valence-electron chi connectivity index (χ3n) is 0.375. The minimum atomic E-state index is -0.945. The molecule has 0 saturated carbocycles. The van der Waals surface area contributed by atoms with E-state index in [1.807, 2.05) is 0 Å². The van der Waals surface area contributed by atoms with Crippen molar-refractivity contribution in [2.75, 3.05) is 0 Å². The summed E-state index contributed by atoms with van der Waals surface area (Å²) in [5.74, 6) is -0.945. The lowest BCUT2D eigenvalue weighted by atomic mass is 10.5. The van der Waals surface area contributed by atoms with E-state index < -0.39 is 5.97 Å². The third kappa shape index (κ3) is 4.95. The summed E-state index contributed by atoms with van der Waals surface area (Å²) in [4.78, 5) is 9.62. The number of carboxylic acid groups (broad SMARTS) is 1. The van der Waals surface area contributed by atoms with Crippen molar-refractivity contribution in [2.24, 2.45) is 0 Å². The lowest BCUT2D eigenvalue weighted by molar-refractivity contribution is -0.131. The van der Waals surface area contributed by atoms with Crippen molar-refractivity contribution in [3.63, 3.8) is 0 Å². The van der Waals surface area contributed by atoms with Gasteiger partial charge in [-0.1, -0.05) is 18.7 Å². The highest BCUT2D eigenvalue weighted by Gasteiger charge is 1.77. The van der Waals surface area contributed by atoms with Crippen LogP contribution in [-0.4, -0.2) is 11.1 Å². The maximum Gasteiger partial charge on any atom is 0.328 e. The van der Waals surface area contributed by atoms with Crippen LogP contribution in [0.3, 0.4) is 0 Å². The Morgan fingerprint density at radius 1 is 1.71 bits per heavy atom. The molecule has 0 rings (SSSR count). The highest BCUT2D eigenvalue weighted by atomic mass is 16.4. The summed E-state index contributed by atoms with van der Waals surface area (Å²) in [6.07, 6.45) is 3.80. The Balaban J connectivity index is 3.46. The summed E-state index contributed by atoms with van der Waals surface area (Å²) >= 11 is 0. The van der Waals surface area contributed by atoms with Gasteiger partial charge in [0.1, 0.15) is 0 Å². The van der Waals surface area contributed by atoms with E-state index in [-0.39, 0.29) is 0 Å². The molecule has 0 radical (unpaired) electrons. The molecule has 2 heteroatoms. The molecule has 0 fully saturated rings. The molecular formula is C5H6O2. The number of rotatable bonds is 2. The van der Waals surface area contributed by atoms with Crippen molar-refractivity contribution in [1.82, 2.24) is 0 Å². The van der Waals surface area contributed by atoms with Crippen LogP contribution in [0.25, 0.3) is 0 Å². The van der Waals surface area contributed by atoms with E-state index in [4.69, 9.17) is 5.11 Å². The summed E-state index contributed by atoms with van der Waals surface area (Å²) < 4.78 is 0. The summed E-state index contributed by atoms with van der Waals surface area (Å²) in [5, 5.41) is 7.91. The average molecular weight is 98.1 g/mol. The van der Waals surface area contributed by atoms with Gasteiger partial charge < -0.3 is 5.11 Å². The van der Waals surface area contributed by atoms with E-state index in [1.54, 1.807) is 0 Å². The molecule has 0 heterocycles. The van der Waals surface area contributed by atoms with E-state index in [0.29, 0.717) is 0 Å². The van der Waals surface area contributed by atoms with Gasteiger partial charge in [-0.15, -0.1) is 0 Å². The number of hydrogen-bond donors (Lipinski definition) is 1. The summed E-state index contributed by atoms with van der Waals surface area (Å²) in [6, 6.07) is 0. The van der Waals surface area contributed by atoms with E-state index in [9.17, 15) is 4.79 Å². The molecule has 0 saturated heterocycles. The van der Waals surface area contributed by atoms with Crippen molar-refractivity contribution in [3.05, 3.63) is 24.8 Å². The Hall–Kier alpha value is -1.05. The number of hydrogen-bond acceptors (Lipinski definition) is 1. The second kappa shape index (κ2) is 3.15. The number of allylic oxidation sites excluding steroid dienone is 2. The smallest absolute Gasteiger partial charge is 0.328 e. The Labute approximate surface area is 41.8 Å². The van der Waals surface area contributed by atoms with Crippen molar-refractivity contribution in [2.45, 2.75) is 0 Å². The van der Waals surface area contributed by atoms with Gasteiger partial charge in [-0.3, -0.25) is 0 Å². The van der Waals surface area contributed by atoms with Gasteiger partial charge in [-0.2, -0.15) is 0 Å². The predicted octanol–water partition coefficient (Wildman–Crippen LogP) is 0.813. The van der Waals surface area contributed by atoms with Gasteiger partial charge >= 0.3 is 5.97 Å². The monoisotopic (exact) mass is 98.0 g/mol. The molecule has 1 N–H and O–H groups in total. The molecular weight excluding hydrogens is 92.1 g/mol. The minimum Gasteiger partial charge on any atom is -0.478 e. The SMILES string of the molecule is C=C/C=C\C(=O)O. The first-order chi connectivity index (χ1) is 3.27. The minimum absolute atomic E-state index is 0.945. The average Bonchev–Trinajstić information content (AvgIpc) is 1.61. The van der Waals surface area contributed by atoms with Crippen LogP contribution in [0.15, 0.2) is 24.8 Å². The van der Waals surface area contributed by atoms with Crippen molar-refractivity contribution in [1.29, 1.82) is 0 Å². The van der Waals surface area contributed by atoms with Crippen molar-refractivity contribution >= 4 is 5.97 Å². The highest BCUT2D eigenvalue weighted by molar-refractivity contribution is 5.79. The molecule has 2 nitrogen and oxygen atoms in total. The topological polar surface area (TPSA) is 37.3 Å². The summed E-state index contributed by atoms with van der Waals surface area (Å²) in [7, 11) is 0. The van der Waals surface area contributed by atoms with Crippen molar-refractivity contribution < 1.29 is 9.90 Å². The van der Waals surface area contributed by atoms with E-state index >= 15 is 0 Å². The zero-order chi connectivity index (χ0) is 5.70. The Bertz CT molecular complexity index is 103. The van der Waals surface area contributed by atoms with Crippen molar-refractivity contribution in [3.8, 4) is 0 Å². The zero-order valence-electron chi connectivity index (χ0n) is 3.79. The molecule has 0 aliphatic heterocycles. The number of carbonyl (C=O) groups is 1. The molecule has 0 unspecified atom stereocenters. The van der Waals surface area contributed by atoms with E-state index in [0.717, 1.165) is 6.08 Å². The van der Waals surface area contributed by atoms with E-state index in [1.165, 1.54) is 12.2 Å². The first kappa shape index (κ1) is 5.95. The molecule has 7 heavy (non-hydrogen) atoms. The van der Waals surface area contributed by atoms with Gasteiger partial charge in [0.05, 0.1) is 0 Å². The highest BCUT2D eigenvalue weighted by Crippen LogP contribution is 1.70. The summed E-state index contributed by atoms with van der Waals surface area (Å²) in [5.41, 5.74) is 0. The predicted molar refractivity (Wildman–Crippen MR) is 27.0 cm³/mol. The molecule has 0 bridgehead atoms. The first-order valence-electron chi connectivity index (χ1n) is 1.79. The number of carboxylic acids is 1. The Kier molecular flexibility index (Phi) is 2.68. The Morgan fingerprint density at radius 3 is 2.43 bits per heavy atom. The largest absolute Gasteiger partial charge is 0.478 e. The maximum absolute atomic E-state index is 9.62. The second-order valence-corrected chi connectivity index (χ2v) is 0.933. The molecule has 38 valence electrons. The van der Waals surface area contributed by atoms with Gasteiger partial charge in [0.15, 0.2) is 0 Å². The fourth-order valence-corrected chi connectivity index (χ4v) is 0.150. The van der Waals surface area contributed by atoms with Crippen LogP contribution >= 0.6 is 0 Å². The quantitative estimate of drug-likeness (QED) is 0.410. The van der Waals surface area contributed by atoms with Gasteiger partial charge in [-0.25, -0.2) is 4.79 Å². The second-order valence-electron chi connectivity index (χ2n) is 0.933. The zero-order valence-corrected chi connectivity index (χ0v) is 3.79. The van der Waals surface area contributed by atoms with Crippen LogP contribution in [0, 0.1) is 0 Å². The standard InChI is InChI=1S/C5H6O2/c1-2-3-4-5(6)7/h2-4H,1H2,(H,6,7)/b4-3-. The first-order valence-corrected chi connectivity index (χ1v) is 1.79. The van der Waals surface area contributed by atoms with Gasteiger partial charge in [-0.05, 0) is 0 Å². The van der Waals surface area contributed by atoms with Crippen LogP contribution < -0.4 is 0 Å². The fourth-order valence-electron chi connectivity index (χ4n) is 0.150. The number of aliphatic carboxylic acids is 1. The molecule has 0 amide bonds. The fraction of sp³-hybridized carbons (Fsp3) is 0. The van der Waals surface area contributed by atoms with Crippen LogP contribution in [0.5, 0.6) is 0 Å². The van der Waals surface area contributed by atoms with E-state index in [2.05, 4.69) is 6.58 Å². The molecule has 0 aromatic carbocycles. The third-order valence-corrected chi connectivity index (χ3v) is 0.375. The molecule has 0 aromatic rings. The maximum atomic E-state index is 9.62. The van der Waals surface area contributed by atoms with Crippen LogP contribution in [0.4, 0.5) is 0 Å². The molecule has 0 spiro atoms. The van der Waals surface area contributed by atoms with Gasteiger partial charge in [0.25, 0.3) is 0 Å². The Morgan fingerprint density at radius 2 is 2.29 bits per heavy atom. The lowest BCUT2D eigenvalue weighted by Crippen LogP contribution is -1.83. The van der Waals surface area contributed by atoms with Gasteiger partial charge in [0.2, 0.25) is 0 Å². The molecule has 0 aliphatic carbocycles. The van der Waals surface area contributed by atoms with Crippen LogP contribution in [0.2, 0.25) is 0 Å². The van der Waals surface area contributed by atoms with Gasteiger partial charge in [0, 0.05) is 6.08 Å². The van der Waals surface area contributed by atoms with Crippen LogP contribution in [0.1, 0.15) is 0 Å². The normalized spacial score (nSPS) is 9.14. The molecule has 0 aliphatic rings. The summed E-state index contributed by atoms with van der Waals surface area (Å²) in [6.45, 7) is 3.28. The molecule has 0 aromatic heterocycles. The van der Waals surface area contributed by atoms with Crippen LogP contribution in [-0.2, 0) is 4.79 Å². The molecule has 0 atom stereocenters.